The van der Waals surface area contributed by atoms with Gasteiger partial charge in [-0.1, -0.05) is 67.1 Å². The number of hydrogen-bond donors (Lipinski definition) is 2. The van der Waals surface area contributed by atoms with Crippen molar-refractivity contribution in [3.8, 4) is 0 Å². The summed E-state index contributed by atoms with van der Waals surface area (Å²) >= 11 is 0. The number of aliphatic hydroxyl groups is 1. The van der Waals surface area contributed by atoms with Crippen molar-refractivity contribution in [2.75, 3.05) is 0 Å². The van der Waals surface area contributed by atoms with E-state index in [9.17, 15) is 5.11 Å². The summed E-state index contributed by atoms with van der Waals surface area (Å²) in [5.41, 5.74) is 3.69. The van der Waals surface area contributed by atoms with Gasteiger partial charge in [0.25, 0.3) is 0 Å². The first-order valence-corrected chi connectivity index (χ1v) is 8.87. The average Bonchev–Trinajstić information content (AvgIpc) is 2.59. The van der Waals surface area contributed by atoms with Crippen LogP contribution in [0.15, 0.2) is 66.4 Å². The molecule has 1 saturated carbocycles. The van der Waals surface area contributed by atoms with Gasteiger partial charge in [0.1, 0.15) is 5.60 Å². The molecule has 2 aromatic rings. The standard InChI is InChI=1S/C22H27NO/c1-17-8-6-12-20(14-17)22(24)18(2)9-7-13-21(22)16-23-15-19-10-4-3-5-11-19/h3-6,8,10-12,14,16,18,23-24H,7,9,13,15H2,1-2H3/b21-16+. The fourth-order valence-electron chi connectivity index (χ4n) is 3.74. The minimum absolute atomic E-state index is 0.220. The van der Waals surface area contributed by atoms with Gasteiger partial charge in [-0.25, -0.2) is 0 Å². The predicted molar refractivity (Wildman–Crippen MR) is 99.5 cm³/mol. The molecular weight excluding hydrogens is 294 g/mol. The van der Waals surface area contributed by atoms with E-state index >= 15 is 0 Å². The monoisotopic (exact) mass is 321 g/mol. The minimum Gasteiger partial charge on any atom is -0.387 e. The highest BCUT2D eigenvalue weighted by molar-refractivity contribution is 5.37. The predicted octanol–water partition coefficient (Wildman–Crippen LogP) is 4.68. The zero-order chi connectivity index (χ0) is 17.0. The van der Waals surface area contributed by atoms with Crippen LogP contribution in [0.3, 0.4) is 0 Å². The Labute approximate surface area is 145 Å². The quantitative estimate of drug-likeness (QED) is 0.857. The second-order valence-electron chi connectivity index (χ2n) is 6.97. The lowest BCUT2D eigenvalue weighted by Gasteiger charge is -2.41. The molecule has 0 saturated heterocycles. The molecule has 2 heteroatoms. The fraction of sp³-hybridized carbons (Fsp3) is 0.364. The van der Waals surface area contributed by atoms with E-state index in [1.165, 1.54) is 11.1 Å². The lowest BCUT2D eigenvalue weighted by atomic mass is 9.69. The van der Waals surface area contributed by atoms with Crippen molar-refractivity contribution in [3.05, 3.63) is 83.1 Å². The van der Waals surface area contributed by atoms with E-state index in [0.29, 0.717) is 0 Å². The van der Waals surface area contributed by atoms with Crippen LogP contribution in [-0.2, 0) is 12.1 Å². The van der Waals surface area contributed by atoms with Crippen LogP contribution in [0, 0.1) is 12.8 Å². The van der Waals surface area contributed by atoms with Gasteiger partial charge >= 0.3 is 0 Å². The molecule has 3 rings (SSSR count). The van der Waals surface area contributed by atoms with Gasteiger partial charge in [0.15, 0.2) is 0 Å². The lowest BCUT2D eigenvalue weighted by Crippen LogP contribution is -2.39. The van der Waals surface area contributed by atoms with Crippen LogP contribution >= 0.6 is 0 Å². The second-order valence-corrected chi connectivity index (χ2v) is 6.97. The summed E-state index contributed by atoms with van der Waals surface area (Å²) in [4.78, 5) is 0. The van der Waals surface area contributed by atoms with Crippen molar-refractivity contribution in [1.29, 1.82) is 0 Å². The number of nitrogens with one attached hydrogen (secondary N) is 1. The summed E-state index contributed by atoms with van der Waals surface area (Å²) in [7, 11) is 0. The van der Waals surface area contributed by atoms with E-state index in [2.05, 4.69) is 61.6 Å². The Hall–Kier alpha value is -2.06. The molecule has 2 N–H and O–H groups in total. The Kier molecular flexibility index (Phi) is 5.06. The molecule has 0 heterocycles. The zero-order valence-corrected chi connectivity index (χ0v) is 14.6. The molecule has 126 valence electrons. The van der Waals surface area contributed by atoms with Crippen LogP contribution in [0.25, 0.3) is 0 Å². The third-order valence-corrected chi connectivity index (χ3v) is 5.17. The highest BCUT2D eigenvalue weighted by Crippen LogP contribution is 2.45. The first kappa shape index (κ1) is 16.8. The molecule has 1 aliphatic carbocycles. The molecule has 2 atom stereocenters. The van der Waals surface area contributed by atoms with E-state index in [0.717, 1.165) is 36.9 Å². The maximum absolute atomic E-state index is 11.6. The van der Waals surface area contributed by atoms with Crippen LogP contribution in [0.2, 0.25) is 0 Å². The van der Waals surface area contributed by atoms with Crippen molar-refractivity contribution in [3.63, 3.8) is 0 Å². The SMILES string of the molecule is Cc1cccc(C2(O)/C(=C/NCc3ccccc3)CCCC2C)c1. The molecule has 24 heavy (non-hydrogen) atoms. The third kappa shape index (κ3) is 3.39. The maximum atomic E-state index is 11.6. The van der Waals surface area contributed by atoms with E-state index in [-0.39, 0.29) is 5.92 Å². The third-order valence-electron chi connectivity index (χ3n) is 5.17. The summed E-state index contributed by atoms with van der Waals surface area (Å²) < 4.78 is 0. The topological polar surface area (TPSA) is 32.3 Å². The Morgan fingerprint density at radius 1 is 1.17 bits per heavy atom. The average molecular weight is 321 g/mol. The normalized spacial score (nSPS) is 25.6. The Morgan fingerprint density at radius 2 is 1.96 bits per heavy atom. The summed E-state index contributed by atoms with van der Waals surface area (Å²) in [5, 5.41) is 15.0. The molecular formula is C22H27NO. The van der Waals surface area contributed by atoms with Crippen molar-refractivity contribution in [1.82, 2.24) is 5.32 Å². The molecule has 1 aliphatic rings. The highest BCUT2D eigenvalue weighted by Gasteiger charge is 2.41. The fourth-order valence-corrected chi connectivity index (χ4v) is 3.74. The molecule has 2 unspecified atom stereocenters. The smallest absolute Gasteiger partial charge is 0.115 e. The molecule has 2 aromatic carbocycles. The van der Waals surface area contributed by atoms with Crippen LogP contribution in [0.5, 0.6) is 0 Å². The van der Waals surface area contributed by atoms with Gasteiger partial charge in [-0.2, -0.15) is 0 Å². The molecule has 0 amide bonds. The highest BCUT2D eigenvalue weighted by atomic mass is 16.3. The molecule has 0 spiro atoms. The number of hydrogen-bond acceptors (Lipinski definition) is 2. The number of benzene rings is 2. The van der Waals surface area contributed by atoms with Crippen LogP contribution in [-0.4, -0.2) is 5.11 Å². The van der Waals surface area contributed by atoms with Crippen LogP contribution in [0.1, 0.15) is 42.9 Å². The van der Waals surface area contributed by atoms with Gasteiger partial charge in [-0.05, 0) is 55.0 Å². The summed E-state index contributed by atoms with van der Waals surface area (Å²) in [6.45, 7) is 5.02. The number of rotatable bonds is 4. The van der Waals surface area contributed by atoms with E-state index in [1.54, 1.807) is 0 Å². The Morgan fingerprint density at radius 3 is 2.71 bits per heavy atom. The van der Waals surface area contributed by atoms with Gasteiger partial charge in [0.05, 0.1) is 0 Å². The Bertz CT molecular complexity index is 707. The lowest BCUT2D eigenvalue weighted by molar-refractivity contribution is -0.00107. The van der Waals surface area contributed by atoms with Gasteiger partial charge in [0.2, 0.25) is 0 Å². The van der Waals surface area contributed by atoms with Crippen molar-refractivity contribution in [2.45, 2.75) is 45.3 Å². The largest absolute Gasteiger partial charge is 0.387 e. The Balaban J connectivity index is 1.85. The molecule has 0 aliphatic heterocycles. The van der Waals surface area contributed by atoms with Crippen LogP contribution < -0.4 is 5.32 Å². The van der Waals surface area contributed by atoms with Gasteiger partial charge in [-0.15, -0.1) is 0 Å². The summed E-state index contributed by atoms with van der Waals surface area (Å²) in [5.74, 6) is 0.220. The summed E-state index contributed by atoms with van der Waals surface area (Å²) in [6, 6.07) is 18.7. The van der Waals surface area contributed by atoms with E-state index in [4.69, 9.17) is 0 Å². The van der Waals surface area contributed by atoms with E-state index < -0.39 is 5.60 Å². The van der Waals surface area contributed by atoms with Crippen molar-refractivity contribution in [2.24, 2.45) is 5.92 Å². The van der Waals surface area contributed by atoms with Crippen LogP contribution in [0.4, 0.5) is 0 Å². The molecule has 0 radical (unpaired) electrons. The van der Waals surface area contributed by atoms with Crippen molar-refractivity contribution >= 4 is 0 Å². The first-order chi connectivity index (χ1) is 11.6. The van der Waals surface area contributed by atoms with Crippen molar-refractivity contribution < 1.29 is 5.11 Å². The van der Waals surface area contributed by atoms with Gasteiger partial charge in [0, 0.05) is 6.54 Å². The maximum Gasteiger partial charge on any atom is 0.115 e. The zero-order valence-electron chi connectivity index (χ0n) is 14.6. The molecule has 0 bridgehead atoms. The second kappa shape index (κ2) is 7.23. The molecule has 0 aromatic heterocycles. The first-order valence-electron chi connectivity index (χ1n) is 8.87. The molecule has 1 fully saturated rings. The minimum atomic E-state index is -0.867. The van der Waals surface area contributed by atoms with Gasteiger partial charge < -0.3 is 10.4 Å². The summed E-state index contributed by atoms with van der Waals surface area (Å²) in [6.07, 6.45) is 5.18. The molecule has 2 nitrogen and oxygen atoms in total. The number of aryl methyl sites for hydroxylation is 1. The van der Waals surface area contributed by atoms with E-state index in [1.807, 2.05) is 18.3 Å². The van der Waals surface area contributed by atoms with Gasteiger partial charge in [-0.3, -0.25) is 0 Å².